The summed E-state index contributed by atoms with van der Waals surface area (Å²) in [6.07, 6.45) is -0.850. The summed E-state index contributed by atoms with van der Waals surface area (Å²) >= 11 is 1.90. The lowest BCUT2D eigenvalue weighted by molar-refractivity contribution is -0.384. The number of carbonyl (C=O) groups is 3. The van der Waals surface area contributed by atoms with Crippen LogP contribution in [0.2, 0.25) is 0 Å². The van der Waals surface area contributed by atoms with Gasteiger partial charge in [0.15, 0.2) is 0 Å². The zero-order chi connectivity index (χ0) is 21.2. The summed E-state index contributed by atoms with van der Waals surface area (Å²) in [5, 5.41) is 12.8. The molecule has 10 nitrogen and oxygen atoms in total. The van der Waals surface area contributed by atoms with Crippen LogP contribution < -0.4 is 10.1 Å². The highest BCUT2D eigenvalue weighted by Gasteiger charge is 2.11. The van der Waals surface area contributed by atoms with Gasteiger partial charge in [0.05, 0.1) is 10.5 Å². The zero-order valence-corrected chi connectivity index (χ0v) is 17.0. The topological polar surface area (TPSA) is 134 Å². The number of carbonyl (C=O) groups excluding carboxylic acids is 3. The molecule has 29 heavy (non-hydrogen) atoms. The minimum absolute atomic E-state index is 0.0733. The van der Waals surface area contributed by atoms with Crippen LogP contribution in [0.1, 0.15) is 15.9 Å². The average molecular weight is 514 g/mol. The lowest BCUT2D eigenvalue weighted by atomic mass is 10.2. The first kappa shape index (κ1) is 22.1. The van der Waals surface area contributed by atoms with Crippen molar-refractivity contribution in [2.75, 3.05) is 11.2 Å². The van der Waals surface area contributed by atoms with Gasteiger partial charge in [-0.25, -0.2) is 14.4 Å². The van der Waals surface area contributed by atoms with Gasteiger partial charge in [-0.3, -0.25) is 10.1 Å². The van der Waals surface area contributed by atoms with E-state index in [9.17, 15) is 24.5 Å². The zero-order valence-electron chi connectivity index (χ0n) is 14.8. The number of amides is 1. The normalized spacial score (nSPS) is 9.97. The summed E-state index contributed by atoms with van der Waals surface area (Å²) in [4.78, 5) is 45.0. The van der Waals surface area contributed by atoms with Gasteiger partial charge in [-0.05, 0) is 64.6 Å². The third kappa shape index (κ3) is 7.37. The molecular weight excluding hydrogens is 499 g/mol. The van der Waals surface area contributed by atoms with Crippen LogP contribution in [-0.4, -0.2) is 34.1 Å². The van der Waals surface area contributed by atoms with Crippen LogP contribution in [0.4, 0.5) is 10.5 Å². The fourth-order valence-electron chi connectivity index (χ4n) is 2.02. The van der Waals surface area contributed by atoms with E-state index in [4.69, 9.17) is 14.2 Å². The van der Waals surface area contributed by atoms with Crippen molar-refractivity contribution in [2.45, 2.75) is 6.61 Å². The number of nitro groups is 1. The van der Waals surface area contributed by atoms with Crippen molar-refractivity contribution in [3.05, 3.63) is 69.8 Å². The van der Waals surface area contributed by atoms with Gasteiger partial charge in [0.25, 0.3) is 5.69 Å². The number of esters is 2. The Balaban J connectivity index is 1.73. The molecule has 0 spiro atoms. The van der Waals surface area contributed by atoms with Crippen molar-refractivity contribution >= 4 is 46.3 Å². The second-order valence-electron chi connectivity index (χ2n) is 5.39. The van der Waals surface area contributed by atoms with E-state index >= 15 is 0 Å². The SMILES string of the molecule is O=C(CNC(=O)OCc1ccc([N+](=O)[O-])cc1)Oc1ccc(C(=O)OCI)cc1. The molecule has 11 heteroatoms. The molecule has 152 valence electrons. The number of benzene rings is 2. The van der Waals surface area contributed by atoms with Crippen molar-refractivity contribution in [3.8, 4) is 5.75 Å². The van der Waals surface area contributed by atoms with Crippen molar-refractivity contribution in [1.29, 1.82) is 0 Å². The number of alkyl carbamates (subject to hydrolysis) is 1. The third-order valence-corrected chi connectivity index (χ3v) is 3.71. The molecule has 0 aromatic heterocycles. The summed E-state index contributed by atoms with van der Waals surface area (Å²) in [5.41, 5.74) is 0.791. The van der Waals surface area contributed by atoms with Gasteiger partial charge < -0.3 is 19.5 Å². The molecule has 0 fully saturated rings. The Morgan fingerprint density at radius 2 is 1.66 bits per heavy atom. The molecule has 2 aromatic rings. The van der Waals surface area contributed by atoms with E-state index < -0.39 is 29.5 Å². The van der Waals surface area contributed by atoms with Crippen molar-refractivity contribution in [2.24, 2.45) is 0 Å². The lowest BCUT2D eigenvalue weighted by Gasteiger charge is -2.08. The molecule has 0 aliphatic rings. The number of rotatable bonds is 8. The van der Waals surface area contributed by atoms with E-state index in [2.05, 4.69) is 5.32 Å². The molecule has 2 aromatic carbocycles. The van der Waals surface area contributed by atoms with Gasteiger partial charge in [-0.2, -0.15) is 0 Å². The van der Waals surface area contributed by atoms with E-state index in [-0.39, 0.29) is 22.7 Å². The molecule has 0 unspecified atom stereocenters. The summed E-state index contributed by atoms with van der Waals surface area (Å²) in [7, 11) is 0. The number of ether oxygens (including phenoxy) is 3. The van der Waals surface area contributed by atoms with E-state index in [1.807, 2.05) is 22.6 Å². The van der Waals surface area contributed by atoms with Crippen LogP contribution >= 0.6 is 22.6 Å². The number of non-ortho nitro benzene ring substituents is 1. The summed E-state index contributed by atoms with van der Waals surface area (Å²) in [5.74, 6) is -1.03. The number of nitrogens with zero attached hydrogens (tertiary/aromatic N) is 1. The predicted molar refractivity (Wildman–Crippen MR) is 108 cm³/mol. The van der Waals surface area contributed by atoms with Crippen LogP contribution in [0.15, 0.2) is 48.5 Å². The Morgan fingerprint density at radius 3 is 2.24 bits per heavy atom. The molecule has 1 N–H and O–H groups in total. The fourth-order valence-corrected chi connectivity index (χ4v) is 2.30. The predicted octanol–water partition coefficient (Wildman–Crippen LogP) is 2.98. The van der Waals surface area contributed by atoms with Gasteiger partial charge in [0, 0.05) is 12.1 Å². The van der Waals surface area contributed by atoms with Crippen LogP contribution in [0.5, 0.6) is 5.75 Å². The molecule has 0 saturated carbocycles. The third-order valence-electron chi connectivity index (χ3n) is 3.40. The quantitative estimate of drug-likeness (QED) is 0.142. The number of halogens is 1. The maximum atomic E-state index is 11.8. The van der Waals surface area contributed by atoms with Crippen LogP contribution in [0.25, 0.3) is 0 Å². The van der Waals surface area contributed by atoms with E-state index in [0.717, 1.165) is 0 Å². The minimum atomic E-state index is -0.850. The average Bonchev–Trinajstić information content (AvgIpc) is 2.71. The molecule has 1 amide bonds. The number of alkyl halides is 1. The summed E-state index contributed by atoms with van der Waals surface area (Å²) < 4.78 is 15.0. The number of hydrogen-bond donors (Lipinski definition) is 1. The van der Waals surface area contributed by atoms with E-state index in [1.54, 1.807) is 0 Å². The smallest absolute Gasteiger partial charge is 0.407 e. The minimum Gasteiger partial charge on any atom is -0.451 e. The molecule has 0 radical (unpaired) electrons. The first-order valence-electron chi connectivity index (χ1n) is 8.07. The van der Waals surface area contributed by atoms with Gasteiger partial charge in [0.1, 0.15) is 23.5 Å². The number of hydrogen-bond acceptors (Lipinski definition) is 8. The van der Waals surface area contributed by atoms with Crippen LogP contribution in [0.3, 0.4) is 0 Å². The Kier molecular flexibility index (Phi) is 8.33. The van der Waals surface area contributed by atoms with Gasteiger partial charge in [0.2, 0.25) is 0 Å². The Hall–Kier alpha value is -3.22. The molecule has 0 saturated heterocycles. The molecule has 2 rings (SSSR count). The molecule has 0 heterocycles. The van der Waals surface area contributed by atoms with Gasteiger partial charge in [-0.1, -0.05) is 0 Å². The number of nitrogens with one attached hydrogen (secondary N) is 1. The molecule has 0 aliphatic carbocycles. The maximum absolute atomic E-state index is 11.8. The fraction of sp³-hybridized carbons (Fsp3) is 0.167. The number of nitro benzene ring substituents is 1. The van der Waals surface area contributed by atoms with Gasteiger partial charge >= 0.3 is 18.0 Å². The van der Waals surface area contributed by atoms with Crippen molar-refractivity contribution in [1.82, 2.24) is 5.32 Å². The first-order valence-corrected chi connectivity index (χ1v) is 9.59. The lowest BCUT2D eigenvalue weighted by Crippen LogP contribution is -2.32. The molecule has 0 bridgehead atoms. The second-order valence-corrected chi connectivity index (χ2v) is 6.02. The second kappa shape index (κ2) is 10.9. The summed E-state index contributed by atoms with van der Waals surface area (Å²) in [6.45, 7) is -0.550. The van der Waals surface area contributed by atoms with Crippen molar-refractivity contribution in [3.63, 3.8) is 0 Å². The van der Waals surface area contributed by atoms with E-state index in [1.165, 1.54) is 48.5 Å². The maximum Gasteiger partial charge on any atom is 0.407 e. The first-order chi connectivity index (χ1) is 13.9. The Bertz CT molecular complexity index is 884. The molecule has 0 aliphatic heterocycles. The molecular formula is C18H15IN2O8. The van der Waals surface area contributed by atoms with E-state index in [0.29, 0.717) is 11.1 Å². The highest BCUT2D eigenvalue weighted by Crippen LogP contribution is 2.14. The highest BCUT2D eigenvalue weighted by molar-refractivity contribution is 14.1. The van der Waals surface area contributed by atoms with Crippen LogP contribution in [-0.2, 0) is 20.9 Å². The largest absolute Gasteiger partial charge is 0.451 e. The highest BCUT2D eigenvalue weighted by atomic mass is 127. The monoisotopic (exact) mass is 514 g/mol. The molecule has 0 atom stereocenters. The summed E-state index contributed by atoms with van der Waals surface area (Å²) in [6, 6.07) is 11.2. The van der Waals surface area contributed by atoms with Crippen LogP contribution in [0, 0.1) is 10.1 Å². The standard InChI is InChI=1S/C18H15IN2O8/c19-11-28-17(23)13-3-7-15(8-4-13)29-16(22)9-20-18(24)27-10-12-1-5-14(6-2-12)21(25)26/h1-8H,9-11H2,(H,20,24). The van der Waals surface area contributed by atoms with Crippen molar-refractivity contribution < 1.29 is 33.5 Å². The van der Waals surface area contributed by atoms with Gasteiger partial charge in [-0.15, -0.1) is 0 Å². The Morgan fingerprint density at radius 1 is 1.00 bits per heavy atom. The Labute approximate surface area is 178 Å².